The SMILES string of the molecule is c1ccc(-c2nc(-c3ccc4c(c3)oc3cc(-n5c6ccccc6c6c(-c7ccccc7)cccc65)ccc34)nc(-n3c4ccccc4c4ccccc43)n2)cc1. The fourth-order valence-corrected chi connectivity index (χ4v) is 8.65. The van der Waals surface area contributed by atoms with Crippen LogP contribution in [0.5, 0.6) is 0 Å². The quantitative estimate of drug-likeness (QED) is 0.177. The van der Waals surface area contributed by atoms with Crippen LogP contribution in [0.3, 0.4) is 0 Å². The molecule has 0 saturated heterocycles. The molecule has 0 N–H and O–H groups in total. The molecule has 0 bridgehead atoms. The van der Waals surface area contributed by atoms with Gasteiger partial charge in [0.15, 0.2) is 11.6 Å². The lowest BCUT2D eigenvalue weighted by Crippen LogP contribution is -2.06. The van der Waals surface area contributed by atoms with Crippen molar-refractivity contribution in [3.05, 3.63) is 188 Å². The average molecular weight is 730 g/mol. The van der Waals surface area contributed by atoms with E-state index in [9.17, 15) is 0 Å². The van der Waals surface area contributed by atoms with Gasteiger partial charge in [-0.3, -0.25) is 4.57 Å². The number of rotatable bonds is 5. The molecule has 8 aromatic carbocycles. The van der Waals surface area contributed by atoms with Crippen molar-refractivity contribution in [2.24, 2.45) is 0 Å². The summed E-state index contributed by atoms with van der Waals surface area (Å²) >= 11 is 0. The predicted octanol–water partition coefficient (Wildman–Crippen LogP) is 13.0. The summed E-state index contributed by atoms with van der Waals surface area (Å²) in [6.07, 6.45) is 0. The van der Waals surface area contributed by atoms with Crippen molar-refractivity contribution < 1.29 is 4.42 Å². The van der Waals surface area contributed by atoms with Gasteiger partial charge < -0.3 is 8.98 Å². The lowest BCUT2D eigenvalue weighted by molar-refractivity contribution is 0.668. The second kappa shape index (κ2) is 12.3. The number of furan rings is 1. The number of benzene rings is 8. The van der Waals surface area contributed by atoms with Gasteiger partial charge in [0.25, 0.3) is 0 Å². The summed E-state index contributed by atoms with van der Waals surface area (Å²) in [7, 11) is 0. The minimum atomic E-state index is 0.562. The first-order valence-corrected chi connectivity index (χ1v) is 19.1. The normalized spacial score (nSPS) is 11.9. The van der Waals surface area contributed by atoms with Gasteiger partial charge in [-0.05, 0) is 59.7 Å². The summed E-state index contributed by atoms with van der Waals surface area (Å²) in [6, 6.07) is 65.6. The van der Waals surface area contributed by atoms with E-state index in [2.05, 4.69) is 167 Å². The van der Waals surface area contributed by atoms with Crippen molar-refractivity contribution in [3.63, 3.8) is 0 Å². The highest BCUT2D eigenvalue weighted by Gasteiger charge is 2.20. The molecule has 0 fully saturated rings. The molecule has 0 unspecified atom stereocenters. The van der Waals surface area contributed by atoms with Crippen molar-refractivity contribution in [1.82, 2.24) is 24.1 Å². The maximum Gasteiger partial charge on any atom is 0.238 e. The maximum atomic E-state index is 6.71. The Morgan fingerprint density at radius 1 is 0.351 bits per heavy atom. The Morgan fingerprint density at radius 2 is 0.895 bits per heavy atom. The zero-order valence-electron chi connectivity index (χ0n) is 30.5. The van der Waals surface area contributed by atoms with E-state index in [-0.39, 0.29) is 0 Å². The van der Waals surface area contributed by atoms with Crippen LogP contribution in [0.4, 0.5) is 0 Å². The van der Waals surface area contributed by atoms with Crippen molar-refractivity contribution in [2.45, 2.75) is 0 Å². The van der Waals surface area contributed by atoms with E-state index < -0.39 is 0 Å². The molecule has 0 aliphatic carbocycles. The minimum absolute atomic E-state index is 0.562. The fourth-order valence-electron chi connectivity index (χ4n) is 8.65. The highest BCUT2D eigenvalue weighted by Crippen LogP contribution is 2.40. The molecule has 0 spiro atoms. The minimum Gasteiger partial charge on any atom is -0.456 e. The van der Waals surface area contributed by atoms with Gasteiger partial charge in [-0.1, -0.05) is 133 Å². The first kappa shape index (κ1) is 31.5. The van der Waals surface area contributed by atoms with Crippen LogP contribution >= 0.6 is 0 Å². The molecule has 57 heavy (non-hydrogen) atoms. The predicted molar refractivity (Wildman–Crippen MR) is 232 cm³/mol. The molecule has 0 amide bonds. The lowest BCUT2D eigenvalue weighted by Gasteiger charge is -2.10. The van der Waals surface area contributed by atoms with Crippen molar-refractivity contribution in [2.75, 3.05) is 0 Å². The van der Waals surface area contributed by atoms with Gasteiger partial charge in [-0.15, -0.1) is 0 Å². The summed E-state index contributed by atoms with van der Waals surface area (Å²) in [5.74, 6) is 1.74. The highest BCUT2D eigenvalue weighted by molar-refractivity contribution is 6.16. The smallest absolute Gasteiger partial charge is 0.238 e. The summed E-state index contributed by atoms with van der Waals surface area (Å²) in [6.45, 7) is 0. The number of para-hydroxylation sites is 3. The Morgan fingerprint density at radius 3 is 1.60 bits per heavy atom. The molecule has 6 heteroatoms. The monoisotopic (exact) mass is 729 g/mol. The van der Waals surface area contributed by atoms with Gasteiger partial charge in [0, 0.05) is 55.2 Å². The van der Waals surface area contributed by atoms with Gasteiger partial charge in [0.2, 0.25) is 5.95 Å². The molecule has 0 aliphatic rings. The number of aromatic nitrogens is 5. The van der Waals surface area contributed by atoms with Crippen molar-refractivity contribution in [3.8, 4) is 45.5 Å². The molecule has 6 nitrogen and oxygen atoms in total. The zero-order valence-corrected chi connectivity index (χ0v) is 30.5. The van der Waals surface area contributed by atoms with E-state index in [0.717, 1.165) is 71.6 Å². The number of hydrogen-bond acceptors (Lipinski definition) is 4. The summed E-state index contributed by atoms with van der Waals surface area (Å²) in [4.78, 5) is 15.3. The van der Waals surface area contributed by atoms with Crippen LogP contribution in [-0.2, 0) is 0 Å². The van der Waals surface area contributed by atoms with Crippen LogP contribution in [0.2, 0.25) is 0 Å². The van der Waals surface area contributed by atoms with Gasteiger partial charge in [0.1, 0.15) is 11.2 Å². The Labute approximate surface area is 326 Å². The summed E-state index contributed by atoms with van der Waals surface area (Å²) < 4.78 is 11.2. The van der Waals surface area contributed by atoms with Crippen LogP contribution in [0.25, 0.3) is 111 Å². The second-order valence-corrected chi connectivity index (χ2v) is 14.4. The van der Waals surface area contributed by atoms with E-state index in [0.29, 0.717) is 17.6 Å². The molecule has 4 aromatic heterocycles. The third-order valence-corrected chi connectivity index (χ3v) is 11.2. The van der Waals surface area contributed by atoms with E-state index in [1.165, 1.54) is 21.9 Å². The maximum absolute atomic E-state index is 6.71. The highest BCUT2D eigenvalue weighted by atomic mass is 16.3. The van der Waals surface area contributed by atoms with E-state index in [1.54, 1.807) is 0 Å². The van der Waals surface area contributed by atoms with Crippen LogP contribution in [0.1, 0.15) is 0 Å². The Balaban J connectivity index is 1.02. The largest absolute Gasteiger partial charge is 0.456 e. The molecule has 0 aliphatic heterocycles. The van der Waals surface area contributed by atoms with Gasteiger partial charge >= 0.3 is 0 Å². The Bertz CT molecular complexity index is 3470. The number of nitrogens with zero attached hydrogens (tertiary/aromatic N) is 5. The molecular formula is C51H31N5O. The van der Waals surface area contributed by atoms with E-state index in [1.807, 2.05) is 30.3 Å². The van der Waals surface area contributed by atoms with Crippen molar-refractivity contribution >= 4 is 65.6 Å². The second-order valence-electron chi connectivity index (χ2n) is 14.4. The van der Waals surface area contributed by atoms with Gasteiger partial charge in [-0.25, -0.2) is 4.98 Å². The molecule has 0 saturated carbocycles. The molecule has 0 radical (unpaired) electrons. The first-order valence-electron chi connectivity index (χ1n) is 19.1. The van der Waals surface area contributed by atoms with Crippen LogP contribution in [0.15, 0.2) is 192 Å². The molecular weight excluding hydrogens is 699 g/mol. The van der Waals surface area contributed by atoms with E-state index in [4.69, 9.17) is 19.4 Å². The third-order valence-electron chi connectivity index (χ3n) is 11.2. The fraction of sp³-hybridized carbons (Fsp3) is 0. The third kappa shape index (κ3) is 4.87. The zero-order chi connectivity index (χ0) is 37.5. The van der Waals surface area contributed by atoms with Crippen LogP contribution < -0.4 is 0 Å². The standard InChI is InChI=1S/C51H31N5O/c1-3-14-32(15-4-1)36-21-13-25-45-48(36)41-20-9-12-24-44(41)55(45)35-27-29-40-39-28-26-34(30-46(39)57-47(40)31-35)50-52-49(33-16-5-2-6-17-33)53-51(54-50)56-42-22-10-7-18-37(42)38-19-8-11-23-43(38)56/h1-31H. The molecule has 266 valence electrons. The number of fused-ring (bicyclic) bond motifs is 9. The van der Waals surface area contributed by atoms with Crippen molar-refractivity contribution in [1.29, 1.82) is 0 Å². The summed E-state index contributed by atoms with van der Waals surface area (Å²) in [5, 5.41) is 6.84. The Hall–Kier alpha value is -7.83. The Kier molecular flexibility index (Phi) is 6.83. The van der Waals surface area contributed by atoms with Gasteiger partial charge in [-0.2, -0.15) is 9.97 Å². The average Bonchev–Trinajstić information content (AvgIpc) is 3.94. The van der Waals surface area contributed by atoms with Crippen LogP contribution in [0, 0.1) is 0 Å². The van der Waals surface area contributed by atoms with E-state index >= 15 is 0 Å². The van der Waals surface area contributed by atoms with Gasteiger partial charge in [0.05, 0.1) is 22.1 Å². The molecule has 12 aromatic rings. The molecule has 4 heterocycles. The number of hydrogen-bond donors (Lipinski definition) is 0. The van der Waals surface area contributed by atoms with Crippen LogP contribution in [-0.4, -0.2) is 24.1 Å². The molecule has 0 atom stereocenters. The topological polar surface area (TPSA) is 61.7 Å². The lowest BCUT2D eigenvalue weighted by atomic mass is 9.99. The summed E-state index contributed by atoms with van der Waals surface area (Å²) in [5.41, 5.74) is 11.2. The molecule has 12 rings (SSSR count). The first-order chi connectivity index (χ1) is 28.3.